The summed E-state index contributed by atoms with van der Waals surface area (Å²) in [7, 11) is 0. The molecule has 1 aliphatic heterocycles. The maximum atomic E-state index is 6.28. The van der Waals surface area contributed by atoms with Crippen LogP contribution in [-0.4, -0.2) is 38.3 Å². The first-order valence-corrected chi connectivity index (χ1v) is 8.92. The molecule has 0 spiro atoms. The van der Waals surface area contributed by atoms with Gasteiger partial charge in [0.1, 0.15) is 13.2 Å². The molecule has 0 saturated carbocycles. The Bertz CT molecular complexity index is 629. The van der Waals surface area contributed by atoms with Crippen molar-refractivity contribution in [2.45, 2.75) is 32.2 Å². The van der Waals surface area contributed by atoms with E-state index in [1.165, 1.54) is 0 Å². The molecule has 1 aromatic rings. The highest BCUT2D eigenvalue weighted by atomic mass is 127. The Morgan fingerprint density at radius 1 is 1.24 bits per heavy atom. The zero-order valence-corrected chi connectivity index (χ0v) is 17.5. The molecule has 0 bridgehead atoms. The molecule has 25 heavy (non-hydrogen) atoms. The molecule has 0 atom stereocenters. The number of nitrogens with one attached hydrogen (secondary N) is 2. The first-order valence-electron chi connectivity index (χ1n) is 8.54. The van der Waals surface area contributed by atoms with E-state index >= 15 is 0 Å². The van der Waals surface area contributed by atoms with E-state index in [9.17, 15) is 0 Å². The average Bonchev–Trinajstić information content (AvgIpc) is 3.08. The fourth-order valence-corrected chi connectivity index (χ4v) is 3.14. The summed E-state index contributed by atoms with van der Waals surface area (Å²) in [5.74, 6) is 2.25. The fraction of sp³-hybridized carbons (Fsp3) is 0.500. The van der Waals surface area contributed by atoms with E-state index in [0.717, 1.165) is 43.1 Å². The number of hydrogen-bond donors (Lipinski definition) is 2. The summed E-state index contributed by atoms with van der Waals surface area (Å²) < 4.78 is 11.2. The molecule has 7 heteroatoms. The molecular weight excluding hydrogens is 453 g/mol. The minimum atomic E-state index is 0. The lowest BCUT2D eigenvalue weighted by Crippen LogP contribution is -2.42. The van der Waals surface area contributed by atoms with Crippen molar-refractivity contribution in [2.24, 2.45) is 4.99 Å². The third-order valence-corrected chi connectivity index (χ3v) is 4.30. The lowest BCUT2D eigenvalue weighted by molar-refractivity contribution is 0.171. The van der Waals surface area contributed by atoms with E-state index in [1.807, 2.05) is 12.1 Å². The molecule has 1 aromatic carbocycles. The minimum absolute atomic E-state index is 0. The Labute approximate surface area is 171 Å². The number of guanidine groups is 1. The molecule has 2 aliphatic rings. The van der Waals surface area contributed by atoms with Crippen LogP contribution in [0.2, 0.25) is 5.02 Å². The van der Waals surface area contributed by atoms with Crippen molar-refractivity contribution in [3.8, 4) is 11.5 Å². The molecule has 0 radical (unpaired) electrons. The van der Waals surface area contributed by atoms with Gasteiger partial charge in [0.2, 0.25) is 0 Å². The zero-order chi connectivity index (χ0) is 16.8. The molecule has 0 amide bonds. The number of ether oxygens (including phenoxy) is 2. The molecule has 1 heterocycles. The molecule has 5 nitrogen and oxygen atoms in total. The van der Waals surface area contributed by atoms with E-state index in [1.54, 1.807) is 0 Å². The minimum Gasteiger partial charge on any atom is -0.486 e. The summed E-state index contributed by atoms with van der Waals surface area (Å²) in [4.78, 5) is 4.67. The molecule has 0 aromatic heterocycles. The highest BCUT2D eigenvalue weighted by Crippen LogP contribution is 2.38. The maximum absolute atomic E-state index is 6.28. The van der Waals surface area contributed by atoms with Crippen molar-refractivity contribution in [1.29, 1.82) is 0 Å². The van der Waals surface area contributed by atoms with E-state index in [4.69, 9.17) is 21.1 Å². The third-order valence-electron chi connectivity index (χ3n) is 4.02. The molecule has 0 fully saturated rings. The second-order valence-electron chi connectivity index (χ2n) is 5.90. The van der Waals surface area contributed by atoms with E-state index in [2.05, 4.69) is 34.7 Å². The highest BCUT2D eigenvalue weighted by Gasteiger charge is 2.16. The topological polar surface area (TPSA) is 54.9 Å². The number of benzene rings is 1. The fourth-order valence-electron chi connectivity index (χ4n) is 2.85. The van der Waals surface area contributed by atoms with Crippen LogP contribution in [0.4, 0.5) is 0 Å². The van der Waals surface area contributed by atoms with Gasteiger partial charge in [0.15, 0.2) is 17.5 Å². The smallest absolute Gasteiger partial charge is 0.191 e. The molecule has 0 unspecified atom stereocenters. The van der Waals surface area contributed by atoms with Gasteiger partial charge in [-0.25, -0.2) is 0 Å². The van der Waals surface area contributed by atoms with Gasteiger partial charge in [-0.15, -0.1) is 24.0 Å². The summed E-state index contributed by atoms with van der Waals surface area (Å²) in [5.41, 5.74) is 1.10. The van der Waals surface area contributed by atoms with Gasteiger partial charge in [-0.05, 0) is 43.9 Å². The Hall–Kier alpha value is -1.15. The zero-order valence-electron chi connectivity index (χ0n) is 14.4. The van der Waals surface area contributed by atoms with Gasteiger partial charge in [0.25, 0.3) is 0 Å². The van der Waals surface area contributed by atoms with Crippen molar-refractivity contribution in [2.75, 3.05) is 26.3 Å². The Morgan fingerprint density at radius 2 is 2.00 bits per heavy atom. The number of aliphatic imine (C=N–C) groups is 1. The van der Waals surface area contributed by atoms with Crippen LogP contribution >= 0.6 is 35.6 Å². The number of rotatable bonds is 5. The summed E-state index contributed by atoms with van der Waals surface area (Å²) in [5, 5.41) is 7.37. The van der Waals surface area contributed by atoms with Crippen molar-refractivity contribution >= 4 is 41.5 Å². The van der Waals surface area contributed by atoms with Crippen molar-refractivity contribution < 1.29 is 9.47 Å². The van der Waals surface area contributed by atoms with Crippen LogP contribution in [0.3, 0.4) is 0 Å². The van der Waals surface area contributed by atoms with Gasteiger partial charge < -0.3 is 20.1 Å². The highest BCUT2D eigenvalue weighted by molar-refractivity contribution is 14.0. The van der Waals surface area contributed by atoms with Crippen molar-refractivity contribution in [1.82, 2.24) is 10.6 Å². The van der Waals surface area contributed by atoms with Gasteiger partial charge in [-0.2, -0.15) is 0 Å². The van der Waals surface area contributed by atoms with Crippen LogP contribution in [0.25, 0.3) is 0 Å². The van der Waals surface area contributed by atoms with Crippen LogP contribution < -0.4 is 20.1 Å². The van der Waals surface area contributed by atoms with Gasteiger partial charge in [0.05, 0.1) is 5.02 Å². The van der Waals surface area contributed by atoms with Crippen LogP contribution in [0, 0.1) is 0 Å². The number of fused-ring (bicyclic) bond motifs is 1. The second-order valence-corrected chi connectivity index (χ2v) is 6.30. The SMILES string of the molecule is CCNC(=NCCc1cc(Cl)c2c(c1)OCCO2)NC1CC=CC1.I. The van der Waals surface area contributed by atoms with Gasteiger partial charge in [-0.3, -0.25) is 4.99 Å². The third kappa shape index (κ3) is 5.67. The quantitative estimate of drug-likeness (QED) is 0.295. The predicted octanol–water partition coefficient (Wildman–Crippen LogP) is 3.55. The monoisotopic (exact) mass is 477 g/mol. The van der Waals surface area contributed by atoms with E-state index in [-0.39, 0.29) is 24.0 Å². The molecule has 138 valence electrons. The summed E-state index contributed by atoms with van der Waals surface area (Å²) in [6, 6.07) is 4.38. The number of nitrogens with zero attached hydrogens (tertiary/aromatic N) is 1. The molecule has 1 aliphatic carbocycles. The Kier molecular flexibility index (Phi) is 8.15. The average molecular weight is 478 g/mol. The van der Waals surface area contributed by atoms with Gasteiger partial charge in [0, 0.05) is 19.1 Å². The molecule has 3 rings (SSSR count). The van der Waals surface area contributed by atoms with Gasteiger partial charge >= 0.3 is 0 Å². The van der Waals surface area contributed by atoms with Crippen LogP contribution in [-0.2, 0) is 6.42 Å². The van der Waals surface area contributed by atoms with E-state index in [0.29, 0.717) is 36.6 Å². The summed E-state index contributed by atoms with van der Waals surface area (Å²) in [6.45, 7) is 4.72. The van der Waals surface area contributed by atoms with Gasteiger partial charge in [-0.1, -0.05) is 23.8 Å². The van der Waals surface area contributed by atoms with Crippen molar-refractivity contribution in [3.05, 3.63) is 34.9 Å². The normalized spacial score (nSPS) is 16.5. The van der Waals surface area contributed by atoms with Crippen molar-refractivity contribution in [3.63, 3.8) is 0 Å². The Balaban J connectivity index is 0.00000225. The molecule has 2 N–H and O–H groups in total. The molecular formula is C18H25ClIN3O2. The number of halogens is 2. The lowest BCUT2D eigenvalue weighted by atomic mass is 10.1. The summed E-state index contributed by atoms with van der Waals surface area (Å²) in [6.07, 6.45) is 7.33. The maximum Gasteiger partial charge on any atom is 0.191 e. The lowest BCUT2D eigenvalue weighted by Gasteiger charge is -2.20. The first kappa shape index (κ1) is 20.2. The summed E-state index contributed by atoms with van der Waals surface area (Å²) >= 11 is 6.28. The largest absolute Gasteiger partial charge is 0.486 e. The predicted molar refractivity (Wildman–Crippen MR) is 113 cm³/mol. The van der Waals surface area contributed by atoms with Crippen LogP contribution in [0.5, 0.6) is 11.5 Å². The van der Waals surface area contributed by atoms with Crippen LogP contribution in [0.15, 0.2) is 29.3 Å². The Morgan fingerprint density at radius 3 is 2.76 bits per heavy atom. The number of hydrogen-bond acceptors (Lipinski definition) is 3. The second kappa shape index (κ2) is 10.1. The standard InChI is InChI=1S/C18H24ClN3O2.HI/c1-2-20-18(22-14-5-3-4-6-14)21-8-7-13-11-15(19)17-16(12-13)23-9-10-24-17;/h3-4,11-12,14H,2,5-10H2,1H3,(H2,20,21,22);1H. The van der Waals surface area contributed by atoms with Crippen LogP contribution in [0.1, 0.15) is 25.3 Å². The van der Waals surface area contributed by atoms with E-state index < -0.39 is 0 Å². The molecule has 0 saturated heterocycles. The first-order chi connectivity index (χ1) is 11.8.